The molecule has 0 radical (unpaired) electrons. The van der Waals surface area contributed by atoms with Crippen molar-refractivity contribution in [3.05, 3.63) is 55.9 Å². The molecule has 13 heteroatoms. The zero-order valence-electron chi connectivity index (χ0n) is 24.6. The Kier molecular flexibility index (Phi) is 9.63. The van der Waals surface area contributed by atoms with E-state index < -0.39 is 24.5 Å². The minimum Gasteiger partial charge on any atom is -0.489 e. The summed E-state index contributed by atoms with van der Waals surface area (Å²) in [7, 11) is 1.34. The Morgan fingerprint density at radius 2 is 2.05 bits per heavy atom. The molecule has 3 aliphatic rings. The first kappa shape index (κ1) is 31.5. The van der Waals surface area contributed by atoms with Crippen molar-refractivity contribution < 1.29 is 38.1 Å². The average molecular weight is 666 g/mol. The van der Waals surface area contributed by atoms with Crippen LogP contribution >= 0.6 is 34.5 Å². The number of esters is 1. The number of allylic oxidation sites excluding steroid dienone is 4. The monoisotopic (exact) mass is 664 g/mol. The molecule has 44 heavy (non-hydrogen) atoms. The highest BCUT2D eigenvalue weighted by atomic mass is 35.5. The van der Waals surface area contributed by atoms with Crippen LogP contribution in [0.25, 0.3) is 15.8 Å². The Hall–Kier alpha value is -2.51. The number of thiazole rings is 1. The molecule has 10 nitrogen and oxygen atoms in total. The van der Waals surface area contributed by atoms with E-state index in [-0.39, 0.29) is 25.9 Å². The molecular weight excluding hydrogens is 631 g/mol. The van der Waals surface area contributed by atoms with Crippen molar-refractivity contribution in [1.82, 2.24) is 10.1 Å². The van der Waals surface area contributed by atoms with E-state index in [1.807, 2.05) is 19.9 Å². The van der Waals surface area contributed by atoms with Crippen LogP contribution in [0.15, 0.2) is 32.8 Å². The first-order valence-corrected chi connectivity index (χ1v) is 16.3. The van der Waals surface area contributed by atoms with Crippen molar-refractivity contribution in [3.63, 3.8) is 0 Å². The van der Waals surface area contributed by atoms with Gasteiger partial charge in [-0.25, -0.2) is 9.78 Å². The summed E-state index contributed by atoms with van der Waals surface area (Å²) in [5.41, 5.74) is 3.17. The molecule has 0 bridgehead atoms. The van der Waals surface area contributed by atoms with E-state index >= 15 is 0 Å². The van der Waals surface area contributed by atoms with E-state index in [1.54, 1.807) is 12.1 Å². The Morgan fingerprint density at radius 1 is 1.23 bits per heavy atom. The second-order valence-electron chi connectivity index (χ2n) is 11.3. The average Bonchev–Trinajstić information content (AvgIpc) is 3.46. The SMILES string of the molecule is COC(=O)c1cc(OC(C)C)c2nc(CCO[C@@H]3C(OCc4c(C5=C(Cl)CCC=C5Cl)noc4C4CC4)CO[C@@H]3O)sc2c1. The highest BCUT2D eigenvalue weighted by Crippen LogP contribution is 2.46. The molecule has 3 atom stereocenters. The number of benzene rings is 1. The maximum Gasteiger partial charge on any atom is 0.338 e. The molecule has 3 aromatic rings. The number of hydrogen-bond donors (Lipinski definition) is 1. The number of hydrogen-bond acceptors (Lipinski definition) is 11. The summed E-state index contributed by atoms with van der Waals surface area (Å²) in [5.74, 6) is 1.16. The molecule has 1 aliphatic heterocycles. The van der Waals surface area contributed by atoms with Crippen molar-refractivity contribution in [1.29, 1.82) is 0 Å². The fraction of sp³-hybridized carbons (Fsp3) is 0.516. The lowest BCUT2D eigenvalue weighted by atomic mass is 9.99. The molecule has 2 aromatic heterocycles. The zero-order valence-corrected chi connectivity index (χ0v) is 27.0. The van der Waals surface area contributed by atoms with Crippen molar-refractivity contribution in [2.24, 2.45) is 0 Å². The van der Waals surface area contributed by atoms with Crippen molar-refractivity contribution in [3.8, 4) is 5.75 Å². The number of halogens is 2. The highest BCUT2D eigenvalue weighted by molar-refractivity contribution is 7.18. The lowest BCUT2D eigenvalue weighted by Crippen LogP contribution is -2.35. The van der Waals surface area contributed by atoms with Crippen molar-refractivity contribution in [2.75, 3.05) is 20.3 Å². The molecule has 2 aliphatic carbocycles. The van der Waals surface area contributed by atoms with Gasteiger partial charge >= 0.3 is 5.97 Å². The second kappa shape index (κ2) is 13.5. The van der Waals surface area contributed by atoms with E-state index in [0.717, 1.165) is 40.3 Å². The quantitative estimate of drug-likeness (QED) is 0.216. The summed E-state index contributed by atoms with van der Waals surface area (Å²) in [6.07, 6.45) is 3.45. The van der Waals surface area contributed by atoms with Gasteiger partial charge in [-0.3, -0.25) is 0 Å². The van der Waals surface area contributed by atoms with Gasteiger partial charge in [-0.05, 0) is 51.7 Å². The predicted molar refractivity (Wildman–Crippen MR) is 165 cm³/mol. The Bertz CT molecular complexity index is 1590. The summed E-state index contributed by atoms with van der Waals surface area (Å²) < 4.78 is 35.3. The molecule has 1 unspecified atom stereocenters. The Labute approximate surface area is 268 Å². The number of nitrogens with zero attached hydrogens (tertiary/aromatic N) is 2. The van der Waals surface area contributed by atoms with E-state index in [9.17, 15) is 9.90 Å². The number of methoxy groups -OCH3 is 1. The van der Waals surface area contributed by atoms with Crippen LogP contribution in [-0.4, -0.2) is 66.1 Å². The fourth-order valence-electron chi connectivity index (χ4n) is 5.35. The number of carbonyl (C=O) groups excluding carboxylic acids is 1. The van der Waals surface area contributed by atoms with E-state index in [4.69, 9.17) is 56.4 Å². The summed E-state index contributed by atoms with van der Waals surface area (Å²) in [6.45, 7) is 4.45. The summed E-state index contributed by atoms with van der Waals surface area (Å²) in [4.78, 5) is 17.0. The van der Waals surface area contributed by atoms with Gasteiger partial charge in [0.05, 0.1) is 48.3 Å². The van der Waals surface area contributed by atoms with Gasteiger partial charge in [0.1, 0.15) is 34.9 Å². The topological polar surface area (TPSA) is 122 Å². The number of rotatable bonds is 12. The second-order valence-corrected chi connectivity index (χ2v) is 13.2. The van der Waals surface area contributed by atoms with Gasteiger partial charge in [-0.2, -0.15) is 0 Å². The fourth-order valence-corrected chi connectivity index (χ4v) is 7.02. The molecule has 1 aromatic carbocycles. The zero-order chi connectivity index (χ0) is 31.0. The molecule has 0 amide bonds. The van der Waals surface area contributed by atoms with Crippen LogP contribution in [0.5, 0.6) is 5.75 Å². The Balaban J connectivity index is 1.13. The number of aromatic nitrogens is 2. The van der Waals surface area contributed by atoms with Crippen LogP contribution in [0.1, 0.15) is 77.8 Å². The van der Waals surface area contributed by atoms with Gasteiger partial charge in [-0.1, -0.05) is 34.4 Å². The highest BCUT2D eigenvalue weighted by Gasteiger charge is 2.40. The standard InChI is InChI=1S/C31H34Cl2N2O8S/c1-15(2)42-21-11-17(30(36)38-3)12-23-27(21)34-24(44-23)9-10-39-29-22(14-41-31(29)37)40-13-18-26(35-43-28(18)16-7-8-16)25-19(32)5-4-6-20(25)33/h5,11-12,15-16,22,29,31,37H,4,6-10,13-14H2,1-3H3/t22?,29-,31+/m1/s1. The summed E-state index contributed by atoms with van der Waals surface area (Å²) >= 11 is 14.6. The number of aliphatic hydroxyl groups is 1. The number of fused-ring (bicyclic) bond motifs is 1. The van der Waals surface area contributed by atoms with E-state index in [2.05, 4.69) is 5.16 Å². The smallest absolute Gasteiger partial charge is 0.338 e. The van der Waals surface area contributed by atoms with Gasteiger partial charge in [0.2, 0.25) is 0 Å². The van der Waals surface area contributed by atoms with E-state index in [0.29, 0.717) is 56.9 Å². The molecule has 0 spiro atoms. The van der Waals surface area contributed by atoms with Gasteiger partial charge < -0.3 is 33.3 Å². The molecule has 1 N–H and O–H groups in total. The maximum atomic E-state index is 12.2. The number of ether oxygens (including phenoxy) is 5. The molecule has 236 valence electrons. The maximum absolute atomic E-state index is 12.2. The largest absolute Gasteiger partial charge is 0.489 e. The van der Waals surface area contributed by atoms with E-state index in [1.165, 1.54) is 18.4 Å². The van der Waals surface area contributed by atoms with Crippen LogP contribution in [0.4, 0.5) is 0 Å². The lowest BCUT2D eigenvalue weighted by molar-refractivity contribution is -0.138. The third kappa shape index (κ3) is 6.69. The molecule has 2 fully saturated rings. The molecule has 6 rings (SSSR count). The van der Waals surface area contributed by atoms with Gasteiger partial charge in [0.25, 0.3) is 0 Å². The number of aliphatic hydroxyl groups excluding tert-OH is 1. The predicted octanol–water partition coefficient (Wildman–Crippen LogP) is 6.46. The lowest BCUT2D eigenvalue weighted by Gasteiger charge is -2.21. The molecule has 1 saturated carbocycles. The van der Waals surface area contributed by atoms with Gasteiger partial charge in [0, 0.05) is 33.5 Å². The first-order valence-electron chi connectivity index (χ1n) is 14.7. The van der Waals surface area contributed by atoms with Crippen LogP contribution < -0.4 is 4.74 Å². The molecule has 1 saturated heterocycles. The van der Waals surface area contributed by atoms with Crippen molar-refractivity contribution >= 4 is 56.3 Å². The third-order valence-corrected chi connectivity index (χ3v) is 9.42. The molecule has 3 heterocycles. The molecular formula is C31H34Cl2N2O8S. The van der Waals surface area contributed by atoms with Crippen LogP contribution in [0.3, 0.4) is 0 Å². The minimum absolute atomic E-state index is 0.0977. The van der Waals surface area contributed by atoms with Crippen LogP contribution in [0, 0.1) is 0 Å². The minimum atomic E-state index is -1.14. The van der Waals surface area contributed by atoms with Crippen molar-refractivity contribution in [2.45, 2.75) is 83.1 Å². The Morgan fingerprint density at radius 3 is 2.77 bits per heavy atom. The summed E-state index contributed by atoms with van der Waals surface area (Å²) in [5, 5.41) is 16.9. The third-order valence-electron chi connectivity index (χ3n) is 7.64. The normalized spacial score (nSPS) is 22.2. The van der Waals surface area contributed by atoms with Gasteiger partial charge in [0.15, 0.2) is 6.29 Å². The van der Waals surface area contributed by atoms with Crippen LogP contribution in [0.2, 0.25) is 0 Å². The van der Waals surface area contributed by atoms with Crippen LogP contribution in [-0.2, 0) is 32.0 Å². The first-order chi connectivity index (χ1) is 21.2. The number of carbonyl (C=O) groups is 1. The van der Waals surface area contributed by atoms with Gasteiger partial charge in [-0.15, -0.1) is 11.3 Å². The summed E-state index contributed by atoms with van der Waals surface area (Å²) in [6, 6.07) is 3.41.